The van der Waals surface area contributed by atoms with Gasteiger partial charge in [0.2, 0.25) is 0 Å². The Balaban J connectivity index is 2.13. The summed E-state index contributed by atoms with van der Waals surface area (Å²) in [5.41, 5.74) is 3.94. The first kappa shape index (κ1) is 21.2. The molecule has 2 N–H and O–H groups in total. The van der Waals surface area contributed by atoms with E-state index in [9.17, 15) is 14.4 Å². The van der Waals surface area contributed by atoms with Crippen molar-refractivity contribution in [3.8, 4) is 0 Å². The van der Waals surface area contributed by atoms with Crippen molar-refractivity contribution in [3.63, 3.8) is 0 Å². The number of amides is 1. The minimum Gasteiger partial charge on any atom is -0.461 e. The molecule has 2 aromatic rings. The van der Waals surface area contributed by atoms with Gasteiger partial charge in [-0.05, 0) is 64.3 Å². The number of esters is 2. The first-order valence-corrected chi connectivity index (χ1v) is 9.11. The zero-order valence-electron chi connectivity index (χ0n) is 17.1. The van der Waals surface area contributed by atoms with E-state index < -0.39 is 23.9 Å². The zero-order chi connectivity index (χ0) is 21.0. The second kappa shape index (κ2) is 8.73. The topological polar surface area (TPSA) is 97.5 Å². The van der Waals surface area contributed by atoms with Crippen molar-refractivity contribution >= 4 is 23.5 Å². The van der Waals surface area contributed by atoms with E-state index in [0.717, 1.165) is 11.1 Å². The van der Waals surface area contributed by atoms with Gasteiger partial charge in [0.1, 0.15) is 5.69 Å². The number of carbonyl (C=O) groups is 3. The molecule has 0 saturated heterocycles. The van der Waals surface area contributed by atoms with E-state index >= 15 is 0 Å². The van der Waals surface area contributed by atoms with E-state index in [-0.39, 0.29) is 17.9 Å². The number of aromatic nitrogens is 1. The van der Waals surface area contributed by atoms with Gasteiger partial charge in [-0.3, -0.25) is 4.79 Å². The summed E-state index contributed by atoms with van der Waals surface area (Å²) in [5.74, 6) is -1.65. The van der Waals surface area contributed by atoms with Crippen LogP contribution in [0.2, 0.25) is 0 Å². The van der Waals surface area contributed by atoms with Gasteiger partial charge in [0.15, 0.2) is 6.10 Å². The van der Waals surface area contributed by atoms with Gasteiger partial charge in [0.05, 0.1) is 12.2 Å². The Morgan fingerprint density at radius 1 is 1.11 bits per heavy atom. The van der Waals surface area contributed by atoms with Crippen LogP contribution in [0.5, 0.6) is 0 Å². The Bertz CT molecular complexity index is 914. The summed E-state index contributed by atoms with van der Waals surface area (Å²) in [7, 11) is 0. The minimum atomic E-state index is -1.01. The van der Waals surface area contributed by atoms with Crippen LogP contribution in [0, 0.1) is 27.7 Å². The van der Waals surface area contributed by atoms with Gasteiger partial charge in [0, 0.05) is 11.4 Å². The van der Waals surface area contributed by atoms with Gasteiger partial charge in [-0.25, -0.2) is 9.59 Å². The molecular weight excluding hydrogens is 360 g/mol. The molecule has 28 heavy (non-hydrogen) atoms. The third kappa shape index (κ3) is 4.60. The second-order valence-electron chi connectivity index (χ2n) is 6.70. The van der Waals surface area contributed by atoms with Gasteiger partial charge >= 0.3 is 11.9 Å². The zero-order valence-corrected chi connectivity index (χ0v) is 17.1. The van der Waals surface area contributed by atoms with Gasteiger partial charge < -0.3 is 19.8 Å². The highest BCUT2D eigenvalue weighted by molar-refractivity contribution is 6.01. The molecule has 0 aliphatic rings. The summed E-state index contributed by atoms with van der Waals surface area (Å²) in [5, 5.41) is 2.78. The third-order valence-electron chi connectivity index (χ3n) is 4.43. The fourth-order valence-corrected chi connectivity index (χ4v) is 2.84. The van der Waals surface area contributed by atoms with Crippen LogP contribution in [-0.4, -0.2) is 35.5 Å². The number of nitrogens with one attached hydrogen (secondary N) is 2. The maximum absolute atomic E-state index is 12.6. The number of hydrogen-bond acceptors (Lipinski definition) is 5. The summed E-state index contributed by atoms with van der Waals surface area (Å²) in [6.07, 6.45) is -1.01. The van der Waals surface area contributed by atoms with Crippen molar-refractivity contribution in [3.05, 3.63) is 51.8 Å². The van der Waals surface area contributed by atoms with E-state index in [0.29, 0.717) is 16.9 Å². The normalized spacial score (nSPS) is 11.6. The van der Waals surface area contributed by atoms with Crippen LogP contribution >= 0.6 is 0 Å². The molecule has 0 aliphatic carbocycles. The number of anilines is 1. The average molecular weight is 386 g/mol. The fourth-order valence-electron chi connectivity index (χ4n) is 2.84. The van der Waals surface area contributed by atoms with Crippen LogP contribution < -0.4 is 5.32 Å². The lowest BCUT2D eigenvalue weighted by Gasteiger charge is -2.15. The molecule has 0 saturated carbocycles. The Hall–Kier alpha value is -3.09. The first-order valence-electron chi connectivity index (χ1n) is 9.11. The first-order chi connectivity index (χ1) is 13.1. The van der Waals surface area contributed by atoms with Crippen LogP contribution in [0.3, 0.4) is 0 Å². The Kier molecular flexibility index (Phi) is 6.62. The maximum Gasteiger partial charge on any atom is 0.355 e. The molecule has 1 amide bonds. The van der Waals surface area contributed by atoms with Crippen LogP contribution in [0.4, 0.5) is 5.69 Å². The quantitative estimate of drug-likeness (QED) is 0.739. The highest BCUT2D eigenvalue weighted by atomic mass is 16.5. The second-order valence-corrected chi connectivity index (χ2v) is 6.70. The smallest absolute Gasteiger partial charge is 0.355 e. The van der Waals surface area contributed by atoms with Gasteiger partial charge in [0.25, 0.3) is 5.91 Å². The van der Waals surface area contributed by atoms with Crippen LogP contribution in [-0.2, 0) is 14.3 Å². The summed E-state index contributed by atoms with van der Waals surface area (Å²) in [6, 6.07) is 5.71. The van der Waals surface area contributed by atoms with Crippen molar-refractivity contribution < 1.29 is 23.9 Å². The number of aryl methyl sites for hydroxylation is 3. The van der Waals surface area contributed by atoms with Crippen molar-refractivity contribution in [1.29, 1.82) is 0 Å². The number of aromatic amines is 1. The summed E-state index contributed by atoms with van der Waals surface area (Å²) in [6.45, 7) is 10.5. The third-order valence-corrected chi connectivity index (χ3v) is 4.43. The predicted octanol–water partition coefficient (Wildman–Crippen LogP) is 3.61. The van der Waals surface area contributed by atoms with E-state index in [1.807, 2.05) is 32.0 Å². The minimum absolute atomic E-state index is 0.207. The van der Waals surface area contributed by atoms with E-state index in [1.165, 1.54) is 6.92 Å². The van der Waals surface area contributed by atoms with Crippen molar-refractivity contribution in [2.45, 2.75) is 47.6 Å². The number of hydrogen-bond donors (Lipinski definition) is 2. The molecule has 0 spiro atoms. The van der Waals surface area contributed by atoms with Crippen LogP contribution in [0.1, 0.15) is 57.1 Å². The number of benzene rings is 1. The monoisotopic (exact) mass is 386 g/mol. The molecule has 0 unspecified atom stereocenters. The van der Waals surface area contributed by atoms with E-state index in [4.69, 9.17) is 9.47 Å². The molecule has 7 nitrogen and oxygen atoms in total. The molecule has 7 heteroatoms. The molecule has 1 atom stereocenters. The van der Waals surface area contributed by atoms with Crippen molar-refractivity contribution in [1.82, 2.24) is 4.98 Å². The van der Waals surface area contributed by atoms with Crippen LogP contribution in [0.25, 0.3) is 0 Å². The van der Waals surface area contributed by atoms with Gasteiger partial charge in [-0.2, -0.15) is 0 Å². The molecule has 1 aromatic heterocycles. The molecule has 150 valence electrons. The predicted molar refractivity (Wildman–Crippen MR) is 106 cm³/mol. The molecular formula is C21H26N2O5. The molecule has 0 bridgehead atoms. The molecule has 2 rings (SSSR count). The molecule has 0 aliphatic heterocycles. The highest BCUT2D eigenvalue weighted by Gasteiger charge is 2.26. The molecule has 0 radical (unpaired) electrons. The maximum atomic E-state index is 12.6. The number of ether oxygens (including phenoxy) is 2. The van der Waals surface area contributed by atoms with Crippen LogP contribution in [0.15, 0.2) is 18.2 Å². The van der Waals surface area contributed by atoms with E-state index in [2.05, 4.69) is 10.3 Å². The number of H-pyrrole nitrogens is 1. The fraction of sp³-hybridized carbons (Fsp3) is 0.381. The largest absolute Gasteiger partial charge is 0.461 e. The molecule has 1 aromatic carbocycles. The standard InChI is InChI=1S/C21H26N2O5/c1-7-27-21(26)18-13(4)17(14(5)22-18)20(25)28-15(6)19(24)23-16-10-11(2)8-9-12(16)3/h8-10,15,22H,7H2,1-6H3,(H,23,24)/t15-/m0/s1. The van der Waals surface area contributed by atoms with Gasteiger partial charge in [-0.1, -0.05) is 12.1 Å². The lowest BCUT2D eigenvalue weighted by atomic mass is 10.1. The Morgan fingerprint density at radius 2 is 1.79 bits per heavy atom. The molecule has 0 fully saturated rings. The Labute approximate surface area is 164 Å². The summed E-state index contributed by atoms with van der Waals surface area (Å²) in [4.78, 5) is 39.9. The number of carbonyl (C=O) groups excluding carboxylic acids is 3. The summed E-state index contributed by atoms with van der Waals surface area (Å²) >= 11 is 0. The highest BCUT2D eigenvalue weighted by Crippen LogP contribution is 2.21. The average Bonchev–Trinajstić information content (AvgIpc) is 2.92. The SMILES string of the molecule is CCOC(=O)c1[nH]c(C)c(C(=O)O[C@@H](C)C(=O)Nc2cc(C)ccc2C)c1C. The molecule has 1 heterocycles. The van der Waals surface area contributed by atoms with Crippen molar-refractivity contribution in [2.24, 2.45) is 0 Å². The summed E-state index contributed by atoms with van der Waals surface area (Å²) < 4.78 is 10.3. The van der Waals surface area contributed by atoms with Gasteiger partial charge in [-0.15, -0.1) is 0 Å². The van der Waals surface area contributed by atoms with Crippen molar-refractivity contribution in [2.75, 3.05) is 11.9 Å². The number of rotatable bonds is 6. The van der Waals surface area contributed by atoms with E-state index in [1.54, 1.807) is 20.8 Å². The lowest BCUT2D eigenvalue weighted by Crippen LogP contribution is -2.30. The lowest BCUT2D eigenvalue weighted by molar-refractivity contribution is -0.123. The Morgan fingerprint density at radius 3 is 2.43 bits per heavy atom.